The van der Waals surface area contributed by atoms with Crippen molar-refractivity contribution in [1.29, 1.82) is 0 Å². The summed E-state index contributed by atoms with van der Waals surface area (Å²) in [6.45, 7) is 4.30. The van der Waals surface area contributed by atoms with Gasteiger partial charge in [0.1, 0.15) is 11.6 Å². The number of carbonyl (C=O) groups excluding carboxylic acids is 1. The molecule has 0 saturated carbocycles. The first-order chi connectivity index (χ1) is 15.2. The van der Waals surface area contributed by atoms with E-state index in [1.165, 1.54) is 6.07 Å². The summed E-state index contributed by atoms with van der Waals surface area (Å²) in [7, 11) is 0. The molecule has 6 nitrogen and oxygen atoms in total. The van der Waals surface area contributed by atoms with Gasteiger partial charge in [-0.2, -0.15) is 18.3 Å². The Balaban J connectivity index is 1.58. The second-order valence-electron chi connectivity index (χ2n) is 7.67. The van der Waals surface area contributed by atoms with E-state index in [1.807, 2.05) is 38.1 Å². The van der Waals surface area contributed by atoms with Crippen LogP contribution in [-0.2, 0) is 0 Å². The molecule has 32 heavy (non-hydrogen) atoms. The number of ether oxygens (including phenoxy) is 1. The number of nitrogens with one attached hydrogen (secondary N) is 2. The number of hydrogen-bond acceptors (Lipinski definition) is 4. The molecular weight excluding hydrogens is 421 g/mol. The molecule has 1 aliphatic rings. The van der Waals surface area contributed by atoms with Crippen LogP contribution >= 0.6 is 0 Å². The molecule has 1 aliphatic heterocycles. The Hall–Kier alpha value is -3.49. The highest BCUT2D eigenvalue weighted by atomic mass is 19.4. The molecule has 1 amide bonds. The number of hydrogen-bond donors (Lipinski definition) is 2. The monoisotopic (exact) mass is 444 g/mol. The zero-order valence-electron chi connectivity index (χ0n) is 17.6. The molecule has 2 unspecified atom stereocenters. The van der Waals surface area contributed by atoms with Gasteiger partial charge >= 0.3 is 6.18 Å². The topological polar surface area (TPSA) is 68.2 Å². The number of amides is 1. The molecule has 2 N–H and O–H groups in total. The summed E-state index contributed by atoms with van der Waals surface area (Å²) in [5, 5.41) is 9.74. The zero-order valence-corrected chi connectivity index (χ0v) is 17.6. The standard InChI is InChI=1S/C23H23F3N4O2/c1-3-32-17-10-8-16(9-11-17)27-22(31)19-13-21-28-18(15-6-4-14(2)5-7-15)12-20(23(24,25)26)30(21)29-19/h4-11,13,18,20,28H,3,12H2,1-2H3,(H,27,31). The predicted octanol–water partition coefficient (Wildman–Crippen LogP) is 5.50. The highest BCUT2D eigenvalue weighted by Gasteiger charge is 2.46. The largest absolute Gasteiger partial charge is 0.494 e. The Bertz CT molecular complexity index is 1090. The second kappa shape index (κ2) is 8.57. The van der Waals surface area contributed by atoms with E-state index in [1.54, 1.807) is 24.3 Å². The zero-order chi connectivity index (χ0) is 22.9. The van der Waals surface area contributed by atoms with Crippen LogP contribution in [0.2, 0.25) is 0 Å². The number of rotatable bonds is 5. The smallest absolute Gasteiger partial charge is 0.410 e. The molecule has 0 aliphatic carbocycles. The Labute approximate surface area is 183 Å². The van der Waals surface area contributed by atoms with Gasteiger partial charge in [0, 0.05) is 18.2 Å². The minimum absolute atomic E-state index is 0.0970. The molecule has 0 spiro atoms. The molecule has 2 heterocycles. The SMILES string of the molecule is CCOc1ccc(NC(=O)c2cc3n(n2)C(C(F)(F)F)CC(c2ccc(C)cc2)N3)cc1. The lowest BCUT2D eigenvalue weighted by Crippen LogP contribution is -2.35. The van der Waals surface area contributed by atoms with E-state index in [9.17, 15) is 18.0 Å². The fourth-order valence-electron chi connectivity index (χ4n) is 3.70. The van der Waals surface area contributed by atoms with Crippen molar-refractivity contribution in [2.24, 2.45) is 0 Å². The van der Waals surface area contributed by atoms with Gasteiger partial charge in [-0.15, -0.1) is 0 Å². The van der Waals surface area contributed by atoms with Gasteiger partial charge in [-0.25, -0.2) is 4.68 Å². The average molecular weight is 444 g/mol. The van der Waals surface area contributed by atoms with Gasteiger partial charge in [-0.05, 0) is 43.7 Å². The molecule has 0 radical (unpaired) electrons. The molecule has 9 heteroatoms. The van der Waals surface area contributed by atoms with E-state index >= 15 is 0 Å². The van der Waals surface area contributed by atoms with E-state index in [4.69, 9.17) is 4.74 Å². The summed E-state index contributed by atoms with van der Waals surface area (Å²) >= 11 is 0. The fraction of sp³-hybridized carbons (Fsp3) is 0.304. The summed E-state index contributed by atoms with van der Waals surface area (Å²) in [4.78, 5) is 12.7. The first kappa shape index (κ1) is 21.7. The summed E-state index contributed by atoms with van der Waals surface area (Å²) in [5.41, 5.74) is 2.16. The van der Waals surface area contributed by atoms with Crippen LogP contribution in [0.15, 0.2) is 54.6 Å². The van der Waals surface area contributed by atoms with Crippen LogP contribution in [0.25, 0.3) is 0 Å². The maximum atomic E-state index is 13.8. The number of fused-ring (bicyclic) bond motifs is 1. The number of aryl methyl sites for hydroxylation is 1. The molecule has 2 atom stereocenters. The van der Waals surface area contributed by atoms with Crippen molar-refractivity contribution in [2.45, 2.75) is 38.5 Å². The maximum absolute atomic E-state index is 13.8. The second-order valence-corrected chi connectivity index (χ2v) is 7.67. The summed E-state index contributed by atoms with van der Waals surface area (Å²) < 4.78 is 47.7. The van der Waals surface area contributed by atoms with E-state index < -0.39 is 24.2 Å². The molecule has 1 aromatic heterocycles. The lowest BCUT2D eigenvalue weighted by atomic mass is 9.96. The van der Waals surface area contributed by atoms with Crippen LogP contribution in [0, 0.1) is 6.92 Å². The van der Waals surface area contributed by atoms with Crippen molar-refractivity contribution in [3.05, 3.63) is 71.4 Å². The van der Waals surface area contributed by atoms with Crippen LogP contribution < -0.4 is 15.4 Å². The van der Waals surface area contributed by atoms with Crippen molar-refractivity contribution >= 4 is 17.4 Å². The third-order valence-electron chi connectivity index (χ3n) is 5.33. The normalized spacial score (nSPS) is 17.9. The van der Waals surface area contributed by atoms with Gasteiger partial charge < -0.3 is 15.4 Å². The van der Waals surface area contributed by atoms with Gasteiger partial charge in [0.05, 0.1) is 12.6 Å². The van der Waals surface area contributed by atoms with Crippen molar-refractivity contribution in [3.8, 4) is 5.75 Å². The number of aromatic nitrogens is 2. The van der Waals surface area contributed by atoms with Gasteiger partial charge in [-0.3, -0.25) is 4.79 Å². The van der Waals surface area contributed by atoms with Crippen molar-refractivity contribution in [1.82, 2.24) is 9.78 Å². The van der Waals surface area contributed by atoms with E-state index in [0.717, 1.165) is 15.8 Å². The Kier molecular flexibility index (Phi) is 5.82. The number of halogens is 3. The molecule has 2 aromatic carbocycles. The molecule has 0 saturated heterocycles. The lowest BCUT2D eigenvalue weighted by molar-refractivity contribution is -0.173. The summed E-state index contributed by atoms with van der Waals surface area (Å²) in [6.07, 6.45) is -4.73. The maximum Gasteiger partial charge on any atom is 0.410 e. The molecule has 0 fully saturated rings. The first-order valence-electron chi connectivity index (χ1n) is 10.3. The molecule has 168 valence electrons. The first-order valence-corrected chi connectivity index (χ1v) is 10.3. The van der Waals surface area contributed by atoms with Gasteiger partial charge in [0.2, 0.25) is 0 Å². The highest BCUT2D eigenvalue weighted by molar-refractivity contribution is 6.03. The quantitative estimate of drug-likeness (QED) is 0.545. The number of benzene rings is 2. The summed E-state index contributed by atoms with van der Waals surface area (Å²) in [5.74, 6) is 0.217. The Morgan fingerprint density at radius 3 is 2.50 bits per heavy atom. The van der Waals surface area contributed by atoms with E-state index in [0.29, 0.717) is 18.0 Å². The van der Waals surface area contributed by atoms with Crippen LogP contribution in [-0.4, -0.2) is 28.5 Å². The van der Waals surface area contributed by atoms with Gasteiger partial charge in [0.15, 0.2) is 11.7 Å². The van der Waals surface area contributed by atoms with Crippen molar-refractivity contribution in [2.75, 3.05) is 17.2 Å². The molecular formula is C23H23F3N4O2. The van der Waals surface area contributed by atoms with E-state index in [-0.39, 0.29) is 17.9 Å². The number of anilines is 2. The molecule has 4 rings (SSSR count). The number of nitrogens with zero attached hydrogens (tertiary/aromatic N) is 2. The highest BCUT2D eigenvalue weighted by Crippen LogP contribution is 2.43. The Morgan fingerprint density at radius 2 is 1.88 bits per heavy atom. The van der Waals surface area contributed by atoms with Crippen molar-refractivity contribution < 1.29 is 22.7 Å². The van der Waals surface area contributed by atoms with Crippen LogP contribution in [0.5, 0.6) is 5.75 Å². The van der Waals surface area contributed by atoms with Gasteiger partial charge in [0.25, 0.3) is 5.91 Å². The van der Waals surface area contributed by atoms with Gasteiger partial charge in [-0.1, -0.05) is 29.8 Å². The number of alkyl halides is 3. The van der Waals surface area contributed by atoms with Crippen molar-refractivity contribution in [3.63, 3.8) is 0 Å². The number of carbonyl (C=O) groups is 1. The summed E-state index contributed by atoms with van der Waals surface area (Å²) in [6, 6.07) is 13.0. The minimum atomic E-state index is -4.51. The third kappa shape index (κ3) is 4.56. The van der Waals surface area contributed by atoms with E-state index in [2.05, 4.69) is 15.7 Å². The predicted molar refractivity (Wildman–Crippen MR) is 115 cm³/mol. The average Bonchev–Trinajstić information content (AvgIpc) is 3.19. The molecule has 3 aromatic rings. The van der Waals surface area contributed by atoms with Crippen LogP contribution in [0.1, 0.15) is 47.0 Å². The third-order valence-corrected chi connectivity index (χ3v) is 5.33. The lowest BCUT2D eigenvalue weighted by Gasteiger charge is -2.33. The van der Waals surface area contributed by atoms with Crippen LogP contribution in [0.3, 0.4) is 0 Å². The minimum Gasteiger partial charge on any atom is -0.494 e. The fourth-order valence-corrected chi connectivity index (χ4v) is 3.70. The van der Waals surface area contributed by atoms with Crippen LogP contribution in [0.4, 0.5) is 24.7 Å². The Morgan fingerprint density at radius 1 is 1.19 bits per heavy atom. The molecule has 0 bridgehead atoms.